The zero-order valence-electron chi connectivity index (χ0n) is 19.6. The molecule has 10 heteroatoms. The lowest BCUT2D eigenvalue weighted by molar-refractivity contribution is -0.0886. The van der Waals surface area contributed by atoms with Crippen molar-refractivity contribution in [1.29, 1.82) is 0 Å². The van der Waals surface area contributed by atoms with E-state index in [1.807, 2.05) is 12.1 Å². The second-order valence-corrected chi connectivity index (χ2v) is 9.07. The predicted octanol–water partition coefficient (Wildman–Crippen LogP) is 2.67. The van der Waals surface area contributed by atoms with Crippen molar-refractivity contribution in [3.63, 3.8) is 0 Å². The van der Waals surface area contributed by atoms with Crippen LogP contribution in [0.3, 0.4) is 0 Å². The van der Waals surface area contributed by atoms with Crippen molar-refractivity contribution in [3.8, 4) is 0 Å². The number of rotatable bonds is 6. The molecule has 1 amide bonds. The van der Waals surface area contributed by atoms with Crippen LogP contribution in [0.25, 0.3) is 10.8 Å². The van der Waals surface area contributed by atoms with Gasteiger partial charge < -0.3 is 4.90 Å². The molecule has 1 saturated heterocycles. The van der Waals surface area contributed by atoms with E-state index >= 15 is 0 Å². The lowest BCUT2D eigenvalue weighted by atomic mass is 9.95. The van der Waals surface area contributed by atoms with Crippen LogP contribution in [-0.2, 0) is 6.42 Å². The van der Waals surface area contributed by atoms with Gasteiger partial charge in [0.25, 0.3) is 11.5 Å². The number of halogens is 1. The number of carbonyl (C=O) groups is 1. The Labute approximate surface area is 206 Å². The van der Waals surface area contributed by atoms with Crippen LogP contribution in [0.4, 0.5) is 4.39 Å². The molecule has 0 saturated carbocycles. The van der Waals surface area contributed by atoms with Crippen LogP contribution in [0.1, 0.15) is 34.5 Å². The Hall–Kier alpha value is -3.89. The zero-order valence-corrected chi connectivity index (χ0v) is 19.6. The molecule has 1 atom stereocenters. The third-order valence-corrected chi connectivity index (χ3v) is 6.70. The Kier molecular flexibility index (Phi) is 6.88. The Bertz CT molecular complexity index is 1380. The monoisotopic (exact) mass is 490 g/mol. The average molecular weight is 491 g/mol. The van der Waals surface area contributed by atoms with Crippen molar-refractivity contribution in [1.82, 2.24) is 25.5 Å². The van der Waals surface area contributed by atoms with E-state index in [9.17, 15) is 19.2 Å². The number of carbonyl (C=O) groups excluding carboxylic acids is 1. The van der Waals surface area contributed by atoms with Gasteiger partial charge in [-0.1, -0.05) is 24.3 Å². The molecule has 2 aromatic carbocycles. The van der Waals surface area contributed by atoms with Crippen molar-refractivity contribution in [3.05, 3.63) is 87.7 Å². The molecular weight excluding hydrogens is 463 g/mol. The lowest BCUT2D eigenvalue weighted by Gasteiger charge is -2.33. The number of allylic oxidation sites excluding steroid dienone is 1. The second kappa shape index (κ2) is 10.4. The van der Waals surface area contributed by atoms with Crippen molar-refractivity contribution < 1.29 is 14.4 Å². The summed E-state index contributed by atoms with van der Waals surface area (Å²) in [4.78, 5) is 31.1. The summed E-state index contributed by atoms with van der Waals surface area (Å²) in [7, 11) is 0. The molecule has 0 aliphatic carbocycles. The zero-order chi connectivity index (χ0) is 25.1. The van der Waals surface area contributed by atoms with Crippen LogP contribution in [0.15, 0.2) is 64.5 Å². The molecule has 5 rings (SSSR count). The van der Waals surface area contributed by atoms with Crippen molar-refractivity contribution in [2.24, 2.45) is 10.9 Å². The molecule has 0 radical (unpaired) electrons. The summed E-state index contributed by atoms with van der Waals surface area (Å²) in [6, 6.07) is 11.7. The number of aliphatic imine (C=N–C) groups is 1. The number of hydroxylamine groups is 2. The van der Waals surface area contributed by atoms with Crippen molar-refractivity contribution >= 4 is 22.9 Å². The van der Waals surface area contributed by atoms with Crippen LogP contribution in [-0.4, -0.2) is 63.4 Å². The third kappa shape index (κ3) is 5.05. The number of amides is 1. The highest BCUT2D eigenvalue weighted by Crippen LogP contribution is 2.22. The van der Waals surface area contributed by atoms with Gasteiger partial charge in [-0.2, -0.15) is 5.10 Å². The van der Waals surface area contributed by atoms with Gasteiger partial charge in [0.2, 0.25) is 0 Å². The maximum Gasteiger partial charge on any atom is 0.272 e. The van der Waals surface area contributed by atoms with E-state index in [1.165, 1.54) is 12.3 Å². The maximum atomic E-state index is 14.7. The Balaban J connectivity index is 1.23. The number of hydrogen-bond donors (Lipinski definition) is 3. The molecule has 1 aromatic heterocycles. The topological polar surface area (TPSA) is 114 Å². The van der Waals surface area contributed by atoms with Gasteiger partial charge in [0.15, 0.2) is 6.29 Å². The van der Waals surface area contributed by atoms with Crippen LogP contribution in [0.5, 0.6) is 0 Å². The molecule has 3 N–H and O–H groups in total. The van der Waals surface area contributed by atoms with E-state index in [2.05, 4.69) is 20.5 Å². The van der Waals surface area contributed by atoms with Gasteiger partial charge in [0.1, 0.15) is 5.82 Å². The van der Waals surface area contributed by atoms with Gasteiger partial charge in [-0.3, -0.25) is 25.1 Å². The molecule has 1 unspecified atom stereocenters. The first-order valence-corrected chi connectivity index (χ1v) is 11.9. The van der Waals surface area contributed by atoms with Gasteiger partial charge in [-0.05, 0) is 48.6 Å². The van der Waals surface area contributed by atoms with Crippen LogP contribution in [0, 0.1) is 11.7 Å². The minimum Gasteiger partial charge on any atom is -0.339 e. The number of H-pyrrole nitrogens is 1. The summed E-state index contributed by atoms with van der Waals surface area (Å²) in [5, 5.41) is 22.0. The summed E-state index contributed by atoms with van der Waals surface area (Å²) >= 11 is 0. The van der Waals surface area contributed by atoms with Gasteiger partial charge in [-0.15, -0.1) is 0 Å². The summed E-state index contributed by atoms with van der Waals surface area (Å²) in [6.07, 6.45) is 6.19. The summed E-state index contributed by atoms with van der Waals surface area (Å²) < 4.78 is 14.7. The first kappa shape index (κ1) is 23.8. The van der Waals surface area contributed by atoms with Crippen molar-refractivity contribution in [2.45, 2.75) is 25.6 Å². The molecule has 2 aliphatic heterocycles. The number of piperidine rings is 1. The summed E-state index contributed by atoms with van der Waals surface area (Å²) in [6.45, 7) is 1.70. The van der Waals surface area contributed by atoms with Crippen molar-refractivity contribution in [2.75, 3.05) is 19.6 Å². The minimum atomic E-state index is -0.557. The molecule has 2 aliphatic rings. The fourth-order valence-electron chi connectivity index (χ4n) is 4.68. The number of benzene rings is 2. The largest absolute Gasteiger partial charge is 0.339 e. The van der Waals surface area contributed by atoms with E-state index in [0.29, 0.717) is 43.1 Å². The second-order valence-electron chi connectivity index (χ2n) is 9.07. The maximum absolute atomic E-state index is 14.7. The van der Waals surface area contributed by atoms with Crippen LogP contribution >= 0.6 is 0 Å². The Morgan fingerprint density at radius 2 is 1.94 bits per heavy atom. The predicted molar refractivity (Wildman–Crippen MR) is 133 cm³/mol. The van der Waals surface area contributed by atoms with E-state index in [0.717, 1.165) is 28.9 Å². The van der Waals surface area contributed by atoms with E-state index in [1.54, 1.807) is 41.5 Å². The Morgan fingerprint density at radius 1 is 1.17 bits per heavy atom. The molecule has 3 aromatic rings. The minimum absolute atomic E-state index is 0.0389. The Morgan fingerprint density at radius 3 is 2.72 bits per heavy atom. The van der Waals surface area contributed by atoms with Gasteiger partial charge in [-0.25, -0.2) is 14.6 Å². The summed E-state index contributed by atoms with van der Waals surface area (Å²) in [5.74, 6) is -0.569. The highest BCUT2D eigenvalue weighted by molar-refractivity contribution is 5.95. The molecule has 36 heavy (non-hydrogen) atoms. The first-order valence-electron chi connectivity index (χ1n) is 11.9. The summed E-state index contributed by atoms with van der Waals surface area (Å²) in [5.41, 5.74) is 1.17. The number of likely N-dealkylation sites (tertiary alicyclic amines) is 1. The average Bonchev–Trinajstić information content (AvgIpc) is 2.91. The molecule has 9 nitrogen and oxygen atoms in total. The van der Waals surface area contributed by atoms with E-state index < -0.39 is 12.1 Å². The standard InChI is InChI=1S/C26H27FN6O3/c27-22-7-6-18(15-23-19-4-1-2-5-20(19)24(34)31-30-23)14-21(22)25(35)32-12-8-17(9-13-32)16-29-26-28-10-3-11-33(26)36/h1-7,10-11,14,17,26,29,36H,8-9,12-13,15-16H2,(H,31,34). The quantitative estimate of drug-likeness (QED) is 0.490. The van der Waals surface area contributed by atoms with E-state index in [4.69, 9.17) is 0 Å². The van der Waals surface area contributed by atoms with Gasteiger partial charge >= 0.3 is 0 Å². The molecule has 3 heterocycles. The normalized spacial score (nSPS) is 18.2. The smallest absolute Gasteiger partial charge is 0.272 e. The first-order chi connectivity index (χ1) is 17.5. The molecule has 0 bridgehead atoms. The number of fused-ring (bicyclic) bond motifs is 1. The molecule has 1 fully saturated rings. The number of aromatic nitrogens is 2. The third-order valence-electron chi connectivity index (χ3n) is 6.70. The highest BCUT2D eigenvalue weighted by Gasteiger charge is 2.26. The van der Waals surface area contributed by atoms with E-state index in [-0.39, 0.29) is 17.0 Å². The van der Waals surface area contributed by atoms with Crippen LogP contribution < -0.4 is 10.9 Å². The lowest BCUT2D eigenvalue weighted by Crippen LogP contribution is -2.46. The molecular formula is C26H27FN6O3. The number of aromatic amines is 1. The number of nitrogens with zero attached hydrogens (tertiary/aromatic N) is 4. The van der Waals surface area contributed by atoms with Crippen LogP contribution in [0.2, 0.25) is 0 Å². The number of nitrogens with one attached hydrogen (secondary N) is 2. The molecule has 0 spiro atoms. The SMILES string of the molecule is O=C(c1cc(Cc2n[nH]c(=O)c3ccccc23)ccc1F)N1CCC(CNC2N=CC=CN2O)CC1. The fraction of sp³-hybridized carbons (Fsp3) is 0.308. The van der Waals surface area contributed by atoms with Gasteiger partial charge in [0.05, 0.1) is 16.6 Å². The molecule has 186 valence electrons. The van der Waals surface area contributed by atoms with Gasteiger partial charge in [0, 0.05) is 43.9 Å². The highest BCUT2D eigenvalue weighted by atomic mass is 19.1. The fourth-order valence-corrected chi connectivity index (χ4v) is 4.68. The number of hydrogen-bond acceptors (Lipinski definition) is 7.